The summed E-state index contributed by atoms with van der Waals surface area (Å²) in [5.41, 5.74) is 7.05. The van der Waals surface area contributed by atoms with Crippen molar-refractivity contribution < 1.29 is 4.79 Å². The maximum atomic E-state index is 12.0. The lowest BCUT2D eigenvalue weighted by molar-refractivity contribution is -0.123. The van der Waals surface area contributed by atoms with Crippen molar-refractivity contribution in [1.29, 1.82) is 0 Å². The van der Waals surface area contributed by atoms with Crippen LogP contribution in [0, 0.1) is 5.92 Å². The van der Waals surface area contributed by atoms with Crippen LogP contribution in [-0.2, 0) is 4.79 Å². The smallest absolute Gasteiger partial charge is 0.237 e. The molecule has 1 aliphatic carbocycles. The number of carbonyl (C=O) groups excluding carboxylic acids is 1. The highest BCUT2D eigenvalue weighted by atomic mass is 16.2. The van der Waals surface area contributed by atoms with Crippen LogP contribution in [-0.4, -0.2) is 11.9 Å². The van der Waals surface area contributed by atoms with E-state index in [0.29, 0.717) is 5.92 Å². The molecular weight excluding hydrogens is 224 g/mol. The lowest BCUT2D eigenvalue weighted by atomic mass is 10.0. The molecule has 2 rings (SSSR count). The molecule has 1 aliphatic rings. The van der Waals surface area contributed by atoms with E-state index in [1.165, 1.54) is 18.4 Å². The fraction of sp³-hybridized carbons (Fsp3) is 0.533. The van der Waals surface area contributed by atoms with E-state index in [0.717, 1.165) is 12.8 Å². The minimum Gasteiger partial charge on any atom is -0.348 e. The molecule has 98 valence electrons. The van der Waals surface area contributed by atoms with Gasteiger partial charge in [0.25, 0.3) is 0 Å². The molecule has 3 nitrogen and oxygen atoms in total. The van der Waals surface area contributed by atoms with Crippen LogP contribution >= 0.6 is 0 Å². The van der Waals surface area contributed by atoms with E-state index in [4.69, 9.17) is 5.73 Å². The van der Waals surface area contributed by atoms with E-state index in [1.807, 2.05) is 25.1 Å². The standard InChI is InChI=1S/C15H22N2O/c1-2-6-13(16)15(18)17-14(12-9-10-12)11-7-4-3-5-8-11/h3-5,7-8,12-14H,2,6,9-10,16H2,1H3,(H,17,18)/t13-,14?/m1/s1. The molecule has 0 radical (unpaired) electrons. The van der Waals surface area contributed by atoms with Gasteiger partial charge in [-0.15, -0.1) is 0 Å². The van der Waals surface area contributed by atoms with Crippen LogP contribution in [0.25, 0.3) is 0 Å². The number of carbonyl (C=O) groups is 1. The molecule has 1 fully saturated rings. The third kappa shape index (κ3) is 3.33. The molecular formula is C15H22N2O. The zero-order valence-corrected chi connectivity index (χ0v) is 10.9. The number of nitrogens with two attached hydrogens (primary N) is 1. The van der Waals surface area contributed by atoms with Crippen LogP contribution < -0.4 is 11.1 Å². The van der Waals surface area contributed by atoms with Gasteiger partial charge in [0.2, 0.25) is 5.91 Å². The van der Waals surface area contributed by atoms with Crippen LogP contribution in [0.15, 0.2) is 30.3 Å². The van der Waals surface area contributed by atoms with Gasteiger partial charge in [-0.25, -0.2) is 0 Å². The summed E-state index contributed by atoms with van der Waals surface area (Å²) in [5, 5.41) is 3.12. The molecule has 0 spiro atoms. The van der Waals surface area contributed by atoms with Crippen LogP contribution in [0.3, 0.4) is 0 Å². The van der Waals surface area contributed by atoms with Gasteiger partial charge < -0.3 is 11.1 Å². The molecule has 1 saturated carbocycles. The maximum Gasteiger partial charge on any atom is 0.237 e. The summed E-state index contributed by atoms with van der Waals surface area (Å²) in [7, 11) is 0. The van der Waals surface area contributed by atoms with E-state index in [-0.39, 0.29) is 18.0 Å². The first kappa shape index (κ1) is 13.1. The Balaban J connectivity index is 2.01. The van der Waals surface area contributed by atoms with E-state index >= 15 is 0 Å². The Labute approximate surface area is 109 Å². The van der Waals surface area contributed by atoms with Crippen LogP contribution in [0.1, 0.15) is 44.2 Å². The van der Waals surface area contributed by atoms with Gasteiger partial charge in [-0.1, -0.05) is 43.7 Å². The van der Waals surface area contributed by atoms with Crippen LogP contribution in [0.4, 0.5) is 0 Å². The molecule has 0 aliphatic heterocycles. The molecule has 0 heterocycles. The Hall–Kier alpha value is -1.35. The molecule has 0 aromatic heterocycles. The summed E-state index contributed by atoms with van der Waals surface area (Å²) in [6.07, 6.45) is 4.08. The fourth-order valence-corrected chi connectivity index (χ4v) is 2.27. The van der Waals surface area contributed by atoms with Gasteiger partial charge in [0.05, 0.1) is 12.1 Å². The number of amides is 1. The predicted molar refractivity (Wildman–Crippen MR) is 72.9 cm³/mol. The fourth-order valence-electron chi connectivity index (χ4n) is 2.27. The van der Waals surface area contributed by atoms with Crippen molar-refractivity contribution in [3.63, 3.8) is 0 Å². The molecule has 18 heavy (non-hydrogen) atoms. The van der Waals surface area contributed by atoms with Gasteiger partial charge in [0.15, 0.2) is 0 Å². The highest BCUT2D eigenvalue weighted by Crippen LogP contribution is 2.40. The molecule has 0 saturated heterocycles. The Morgan fingerprint density at radius 2 is 2.06 bits per heavy atom. The molecule has 1 unspecified atom stereocenters. The summed E-state index contributed by atoms with van der Waals surface area (Å²) in [4.78, 5) is 12.0. The molecule has 1 amide bonds. The highest BCUT2D eigenvalue weighted by molar-refractivity contribution is 5.81. The molecule has 3 N–H and O–H groups in total. The largest absolute Gasteiger partial charge is 0.348 e. The Kier molecular flexibility index (Phi) is 4.37. The van der Waals surface area contributed by atoms with E-state index in [9.17, 15) is 4.79 Å². The minimum atomic E-state index is -0.375. The number of hydrogen-bond donors (Lipinski definition) is 2. The first-order valence-corrected chi connectivity index (χ1v) is 6.83. The molecule has 1 aromatic carbocycles. The average molecular weight is 246 g/mol. The van der Waals surface area contributed by atoms with Gasteiger partial charge >= 0.3 is 0 Å². The zero-order valence-electron chi connectivity index (χ0n) is 10.9. The topological polar surface area (TPSA) is 55.1 Å². The third-order valence-corrected chi connectivity index (χ3v) is 3.49. The molecule has 0 bridgehead atoms. The normalized spacial score (nSPS) is 18.1. The number of hydrogen-bond acceptors (Lipinski definition) is 2. The summed E-state index contributed by atoms with van der Waals surface area (Å²) in [5.74, 6) is 0.572. The second-order valence-electron chi connectivity index (χ2n) is 5.13. The molecule has 1 aromatic rings. The minimum absolute atomic E-state index is 0.0161. The zero-order chi connectivity index (χ0) is 13.0. The lowest BCUT2D eigenvalue weighted by Gasteiger charge is -2.21. The number of rotatable bonds is 6. The van der Waals surface area contributed by atoms with E-state index < -0.39 is 0 Å². The summed E-state index contributed by atoms with van der Waals surface area (Å²) < 4.78 is 0. The van der Waals surface area contributed by atoms with Gasteiger partial charge in [-0.3, -0.25) is 4.79 Å². The summed E-state index contributed by atoms with van der Waals surface area (Å²) >= 11 is 0. The van der Waals surface area contributed by atoms with Crippen molar-refractivity contribution >= 4 is 5.91 Å². The van der Waals surface area contributed by atoms with Crippen molar-refractivity contribution in [1.82, 2.24) is 5.32 Å². The Bertz CT molecular complexity index is 387. The van der Waals surface area contributed by atoms with Gasteiger partial charge in [-0.2, -0.15) is 0 Å². The third-order valence-electron chi connectivity index (χ3n) is 3.49. The van der Waals surface area contributed by atoms with Crippen LogP contribution in [0.2, 0.25) is 0 Å². The molecule has 2 atom stereocenters. The predicted octanol–water partition coefficient (Wildman–Crippen LogP) is 2.38. The van der Waals surface area contributed by atoms with Crippen molar-refractivity contribution in [3.8, 4) is 0 Å². The van der Waals surface area contributed by atoms with Gasteiger partial charge in [-0.05, 0) is 30.7 Å². The Morgan fingerprint density at radius 3 is 2.61 bits per heavy atom. The van der Waals surface area contributed by atoms with E-state index in [1.54, 1.807) is 0 Å². The SMILES string of the molecule is CCC[C@@H](N)C(=O)NC(c1ccccc1)C1CC1. The van der Waals surface area contributed by atoms with Crippen molar-refractivity contribution in [2.45, 2.75) is 44.7 Å². The summed E-state index contributed by atoms with van der Waals surface area (Å²) in [6, 6.07) is 9.95. The van der Waals surface area contributed by atoms with E-state index in [2.05, 4.69) is 17.4 Å². The lowest BCUT2D eigenvalue weighted by Crippen LogP contribution is -2.42. The van der Waals surface area contributed by atoms with Crippen molar-refractivity contribution in [3.05, 3.63) is 35.9 Å². The monoisotopic (exact) mass is 246 g/mol. The van der Waals surface area contributed by atoms with Crippen molar-refractivity contribution in [2.24, 2.45) is 11.7 Å². The second kappa shape index (κ2) is 6.01. The number of nitrogens with one attached hydrogen (secondary N) is 1. The van der Waals surface area contributed by atoms with Crippen LogP contribution in [0.5, 0.6) is 0 Å². The molecule has 3 heteroatoms. The highest BCUT2D eigenvalue weighted by Gasteiger charge is 2.33. The maximum absolute atomic E-state index is 12.0. The first-order valence-electron chi connectivity index (χ1n) is 6.83. The number of benzene rings is 1. The van der Waals surface area contributed by atoms with Crippen molar-refractivity contribution in [2.75, 3.05) is 0 Å². The summed E-state index contributed by atoms with van der Waals surface area (Å²) in [6.45, 7) is 2.04. The first-order chi connectivity index (χ1) is 8.72. The van der Waals surface area contributed by atoms with Gasteiger partial charge in [0, 0.05) is 0 Å². The van der Waals surface area contributed by atoms with Gasteiger partial charge in [0.1, 0.15) is 0 Å². The average Bonchev–Trinajstić information content (AvgIpc) is 3.21. The quantitative estimate of drug-likeness (QED) is 0.809. The second-order valence-corrected chi connectivity index (χ2v) is 5.13. The Morgan fingerprint density at radius 1 is 1.39 bits per heavy atom.